The monoisotopic (exact) mass is 224 g/mol. The van der Waals surface area contributed by atoms with Crippen molar-refractivity contribution in [1.82, 2.24) is 9.97 Å². The fourth-order valence-electron chi connectivity index (χ4n) is 1.07. The van der Waals surface area contributed by atoms with Crippen molar-refractivity contribution in [1.29, 1.82) is 5.41 Å². The number of aryl methyl sites for hydroxylation is 1. The summed E-state index contributed by atoms with van der Waals surface area (Å²) < 4.78 is 5.32. The molecule has 16 heavy (non-hydrogen) atoms. The van der Waals surface area contributed by atoms with Gasteiger partial charge in [0, 0.05) is 6.21 Å². The summed E-state index contributed by atoms with van der Waals surface area (Å²) in [6.45, 7) is 4.99. The lowest BCUT2D eigenvalue weighted by Gasteiger charge is -2.18. The molecule has 0 unspecified atom stereocenters. The van der Waals surface area contributed by atoms with E-state index in [4.69, 9.17) is 15.9 Å². The van der Waals surface area contributed by atoms with E-state index < -0.39 is 5.60 Å². The SMILES string of the molecule is Cc1nc(N)c(C=N)c(OCC(C)(C)O)n1. The van der Waals surface area contributed by atoms with Gasteiger partial charge in [0.1, 0.15) is 18.2 Å². The average Bonchev–Trinajstić information content (AvgIpc) is 2.12. The molecule has 6 nitrogen and oxygen atoms in total. The van der Waals surface area contributed by atoms with Gasteiger partial charge in [-0.3, -0.25) is 0 Å². The van der Waals surface area contributed by atoms with Crippen LogP contribution in [0.1, 0.15) is 25.2 Å². The predicted molar refractivity (Wildman–Crippen MR) is 60.9 cm³/mol. The van der Waals surface area contributed by atoms with Gasteiger partial charge in [0.2, 0.25) is 5.88 Å². The molecule has 0 spiro atoms. The number of nitrogens with one attached hydrogen (secondary N) is 1. The fourth-order valence-corrected chi connectivity index (χ4v) is 1.07. The summed E-state index contributed by atoms with van der Waals surface area (Å²) in [6, 6.07) is 0. The zero-order chi connectivity index (χ0) is 12.3. The molecular formula is C10H16N4O2. The summed E-state index contributed by atoms with van der Waals surface area (Å²) in [5, 5.41) is 16.7. The minimum Gasteiger partial charge on any atom is -0.474 e. The number of nitrogen functional groups attached to an aromatic ring is 1. The maximum absolute atomic E-state index is 9.52. The van der Waals surface area contributed by atoms with Gasteiger partial charge in [-0.05, 0) is 20.8 Å². The molecule has 88 valence electrons. The highest BCUT2D eigenvalue weighted by molar-refractivity contribution is 5.86. The predicted octanol–water partition coefficient (Wildman–Crippen LogP) is 0.515. The summed E-state index contributed by atoms with van der Waals surface area (Å²) in [5.74, 6) is 0.893. The van der Waals surface area contributed by atoms with Crippen molar-refractivity contribution in [3.05, 3.63) is 11.4 Å². The number of nitrogens with zero attached hydrogens (tertiary/aromatic N) is 2. The molecule has 1 aromatic heterocycles. The van der Waals surface area contributed by atoms with Gasteiger partial charge >= 0.3 is 0 Å². The summed E-state index contributed by atoms with van der Waals surface area (Å²) >= 11 is 0. The second kappa shape index (κ2) is 4.44. The fraction of sp³-hybridized carbons (Fsp3) is 0.500. The number of rotatable bonds is 4. The van der Waals surface area contributed by atoms with E-state index in [-0.39, 0.29) is 18.3 Å². The second-order valence-electron chi connectivity index (χ2n) is 4.12. The summed E-state index contributed by atoms with van der Waals surface area (Å²) in [7, 11) is 0. The van der Waals surface area contributed by atoms with Crippen LogP contribution in [0.4, 0.5) is 5.82 Å². The third-order valence-corrected chi connectivity index (χ3v) is 1.76. The van der Waals surface area contributed by atoms with Gasteiger partial charge in [-0.15, -0.1) is 0 Å². The quantitative estimate of drug-likeness (QED) is 0.646. The minimum atomic E-state index is -0.965. The number of nitrogens with two attached hydrogens (primary N) is 1. The molecule has 0 aromatic carbocycles. The van der Waals surface area contributed by atoms with Crippen molar-refractivity contribution in [3.8, 4) is 5.88 Å². The van der Waals surface area contributed by atoms with Crippen LogP contribution in [0, 0.1) is 12.3 Å². The molecule has 0 aliphatic carbocycles. The van der Waals surface area contributed by atoms with E-state index in [0.29, 0.717) is 11.4 Å². The summed E-state index contributed by atoms with van der Waals surface area (Å²) in [6.07, 6.45) is 1.04. The topological polar surface area (TPSA) is 105 Å². The van der Waals surface area contributed by atoms with Crippen LogP contribution >= 0.6 is 0 Å². The Bertz CT molecular complexity index is 399. The first-order chi connectivity index (χ1) is 7.33. The van der Waals surface area contributed by atoms with Crippen LogP contribution < -0.4 is 10.5 Å². The van der Waals surface area contributed by atoms with Crippen LogP contribution in [0.5, 0.6) is 5.88 Å². The molecular weight excluding hydrogens is 208 g/mol. The number of anilines is 1. The molecule has 4 N–H and O–H groups in total. The average molecular weight is 224 g/mol. The Balaban J connectivity index is 2.98. The van der Waals surface area contributed by atoms with Gasteiger partial charge in [-0.25, -0.2) is 4.98 Å². The Morgan fingerprint density at radius 1 is 1.50 bits per heavy atom. The van der Waals surface area contributed by atoms with Crippen LogP contribution in [0.15, 0.2) is 0 Å². The van der Waals surface area contributed by atoms with Crippen molar-refractivity contribution >= 4 is 12.0 Å². The van der Waals surface area contributed by atoms with E-state index in [1.807, 2.05) is 0 Å². The molecule has 0 saturated carbocycles. The smallest absolute Gasteiger partial charge is 0.227 e. The van der Waals surface area contributed by atoms with Crippen molar-refractivity contribution in [2.24, 2.45) is 0 Å². The Morgan fingerprint density at radius 2 is 2.12 bits per heavy atom. The van der Waals surface area contributed by atoms with E-state index in [1.54, 1.807) is 20.8 Å². The molecule has 0 aliphatic heterocycles. The molecule has 0 radical (unpaired) electrons. The maximum Gasteiger partial charge on any atom is 0.227 e. The van der Waals surface area contributed by atoms with E-state index in [9.17, 15) is 5.11 Å². The first-order valence-corrected chi connectivity index (χ1v) is 4.83. The first kappa shape index (κ1) is 12.4. The highest BCUT2D eigenvalue weighted by Gasteiger charge is 2.16. The van der Waals surface area contributed by atoms with Crippen molar-refractivity contribution in [2.75, 3.05) is 12.3 Å². The zero-order valence-electron chi connectivity index (χ0n) is 9.61. The van der Waals surface area contributed by atoms with Crippen LogP contribution in [-0.2, 0) is 0 Å². The zero-order valence-corrected chi connectivity index (χ0v) is 9.61. The summed E-state index contributed by atoms with van der Waals surface area (Å²) in [5.41, 5.74) is 4.99. The normalized spacial score (nSPS) is 11.2. The number of aromatic nitrogens is 2. The molecule has 0 saturated heterocycles. The lowest BCUT2D eigenvalue weighted by molar-refractivity contribution is 0.0267. The van der Waals surface area contributed by atoms with E-state index in [0.717, 1.165) is 6.21 Å². The number of ether oxygens (including phenoxy) is 1. The molecule has 0 atom stereocenters. The standard InChI is InChI=1S/C10H16N4O2/c1-6-13-8(12)7(4-11)9(14-6)16-5-10(2,3)15/h4,11,15H,5H2,1-3H3,(H2,12,13,14). The molecule has 1 heterocycles. The van der Waals surface area contributed by atoms with E-state index >= 15 is 0 Å². The van der Waals surface area contributed by atoms with Crippen LogP contribution in [0.2, 0.25) is 0 Å². The van der Waals surface area contributed by atoms with Gasteiger partial charge in [0.15, 0.2) is 0 Å². The Hall–Kier alpha value is -1.69. The highest BCUT2D eigenvalue weighted by atomic mass is 16.5. The Labute approximate surface area is 94.0 Å². The van der Waals surface area contributed by atoms with E-state index in [1.165, 1.54) is 0 Å². The van der Waals surface area contributed by atoms with Crippen LogP contribution in [-0.4, -0.2) is 33.5 Å². The van der Waals surface area contributed by atoms with Gasteiger partial charge < -0.3 is 21.0 Å². The second-order valence-corrected chi connectivity index (χ2v) is 4.12. The number of aliphatic hydroxyl groups is 1. The minimum absolute atomic E-state index is 0.0731. The van der Waals surface area contributed by atoms with Crippen LogP contribution in [0.3, 0.4) is 0 Å². The van der Waals surface area contributed by atoms with Crippen molar-refractivity contribution in [2.45, 2.75) is 26.4 Å². The number of hydrogen-bond donors (Lipinski definition) is 3. The first-order valence-electron chi connectivity index (χ1n) is 4.83. The molecule has 1 aromatic rings. The lowest BCUT2D eigenvalue weighted by atomic mass is 10.2. The Morgan fingerprint density at radius 3 is 2.62 bits per heavy atom. The van der Waals surface area contributed by atoms with Gasteiger partial charge in [0.05, 0.1) is 11.2 Å². The largest absolute Gasteiger partial charge is 0.474 e. The number of hydrogen-bond acceptors (Lipinski definition) is 6. The molecule has 6 heteroatoms. The third-order valence-electron chi connectivity index (χ3n) is 1.76. The maximum atomic E-state index is 9.52. The third kappa shape index (κ3) is 3.16. The molecule has 0 fully saturated rings. The molecule has 0 aliphatic rings. The molecule has 1 rings (SSSR count). The van der Waals surface area contributed by atoms with Gasteiger partial charge in [-0.2, -0.15) is 4.98 Å². The van der Waals surface area contributed by atoms with Crippen molar-refractivity contribution in [3.63, 3.8) is 0 Å². The van der Waals surface area contributed by atoms with Gasteiger partial charge in [-0.1, -0.05) is 0 Å². The summed E-state index contributed by atoms with van der Waals surface area (Å²) in [4.78, 5) is 7.95. The van der Waals surface area contributed by atoms with Gasteiger partial charge in [0.25, 0.3) is 0 Å². The van der Waals surface area contributed by atoms with Crippen LogP contribution in [0.25, 0.3) is 0 Å². The highest BCUT2D eigenvalue weighted by Crippen LogP contribution is 2.19. The molecule has 0 amide bonds. The lowest BCUT2D eigenvalue weighted by Crippen LogP contribution is -2.28. The van der Waals surface area contributed by atoms with E-state index in [2.05, 4.69) is 9.97 Å². The molecule has 0 bridgehead atoms. The Kier molecular flexibility index (Phi) is 3.44. The van der Waals surface area contributed by atoms with Crippen molar-refractivity contribution < 1.29 is 9.84 Å².